The van der Waals surface area contributed by atoms with Gasteiger partial charge in [0.1, 0.15) is 5.15 Å². The van der Waals surface area contributed by atoms with E-state index in [2.05, 4.69) is 55.4 Å². The fraction of sp³-hybridized carbons (Fsp3) is 0.353. The summed E-state index contributed by atoms with van der Waals surface area (Å²) in [5, 5.41) is 0.490. The predicted molar refractivity (Wildman–Crippen MR) is 88.2 cm³/mol. The molecule has 0 aliphatic heterocycles. The van der Waals surface area contributed by atoms with Crippen molar-refractivity contribution < 1.29 is 0 Å². The molecule has 1 unspecified atom stereocenters. The summed E-state index contributed by atoms with van der Waals surface area (Å²) >= 11 is 5.82. The lowest BCUT2D eigenvalue weighted by Gasteiger charge is -2.20. The van der Waals surface area contributed by atoms with Gasteiger partial charge < -0.3 is 0 Å². The van der Waals surface area contributed by atoms with Crippen molar-refractivity contribution in [1.82, 2.24) is 10.4 Å². The summed E-state index contributed by atoms with van der Waals surface area (Å²) in [6.45, 7) is 6.64. The second kappa shape index (κ2) is 6.56. The molecule has 3 N–H and O–H groups in total. The number of rotatable bonds is 4. The maximum Gasteiger partial charge on any atom is 0.129 e. The van der Waals surface area contributed by atoms with Gasteiger partial charge in [0.2, 0.25) is 0 Å². The molecule has 1 aromatic carbocycles. The zero-order chi connectivity index (χ0) is 15.5. The fourth-order valence-electron chi connectivity index (χ4n) is 2.24. The average Bonchev–Trinajstić information content (AvgIpc) is 2.45. The Labute approximate surface area is 131 Å². The van der Waals surface area contributed by atoms with Crippen molar-refractivity contribution in [3.05, 3.63) is 64.4 Å². The lowest BCUT2D eigenvalue weighted by molar-refractivity contribution is 0.549. The Morgan fingerprint density at radius 1 is 1.14 bits per heavy atom. The molecule has 2 rings (SSSR count). The zero-order valence-corrected chi connectivity index (χ0v) is 13.5. The number of aromatic nitrogens is 1. The molecule has 0 spiro atoms. The first-order valence-electron chi connectivity index (χ1n) is 7.07. The van der Waals surface area contributed by atoms with Crippen LogP contribution in [0.15, 0.2) is 42.6 Å². The second-order valence-corrected chi connectivity index (χ2v) is 6.67. The Balaban J connectivity index is 2.13. The summed E-state index contributed by atoms with van der Waals surface area (Å²) in [5.74, 6) is 5.68. The highest BCUT2D eigenvalue weighted by molar-refractivity contribution is 6.29. The van der Waals surface area contributed by atoms with Gasteiger partial charge in [0.25, 0.3) is 0 Å². The van der Waals surface area contributed by atoms with Crippen LogP contribution in [0.3, 0.4) is 0 Å². The Morgan fingerprint density at radius 2 is 1.81 bits per heavy atom. The highest BCUT2D eigenvalue weighted by Crippen LogP contribution is 2.24. The van der Waals surface area contributed by atoms with Gasteiger partial charge in [0.05, 0.1) is 6.04 Å². The maximum atomic E-state index is 5.82. The highest BCUT2D eigenvalue weighted by atomic mass is 35.5. The molecule has 0 fully saturated rings. The van der Waals surface area contributed by atoms with Gasteiger partial charge in [0.15, 0.2) is 0 Å². The van der Waals surface area contributed by atoms with Crippen LogP contribution in [-0.2, 0) is 11.8 Å². The van der Waals surface area contributed by atoms with Crippen molar-refractivity contribution in [2.75, 3.05) is 0 Å². The molecule has 0 bridgehead atoms. The molecule has 3 nitrogen and oxygen atoms in total. The van der Waals surface area contributed by atoms with E-state index in [4.69, 9.17) is 17.4 Å². The minimum Gasteiger partial charge on any atom is -0.271 e. The van der Waals surface area contributed by atoms with E-state index in [9.17, 15) is 0 Å². The van der Waals surface area contributed by atoms with Crippen LogP contribution < -0.4 is 11.3 Å². The predicted octanol–water partition coefficient (Wildman–Crippen LogP) is 3.78. The second-order valence-electron chi connectivity index (χ2n) is 6.28. The first-order valence-corrected chi connectivity index (χ1v) is 7.45. The maximum absolute atomic E-state index is 5.82. The van der Waals surface area contributed by atoms with Crippen LogP contribution >= 0.6 is 11.6 Å². The molecule has 0 aliphatic rings. The molecule has 21 heavy (non-hydrogen) atoms. The van der Waals surface area contributed by atoms with Gasteiger partial charge in [-0.2, -0.15) is 0 Å². The van der Waals surface area contributed by atoms with Crippen LogP contribution in [0.4, 0.5) is 0 Å². The van der Waals surface area contributed by atoms with E-state index in [-0.39, 0.29) is 11.5 Å². The van der Waals surface area contributed by atoms with Crippen molar-refractivity contribution >= 4 is 11.6 Å². The third-order valence-electron chi connectivity index (χ3n) is 3.61. The molecule has 1 aromatic heterocycles. The number of pyridine rings is 1. The fourth-order valence-corrected chi connectivity index (χ4v) is 2.35. The van der Waals surface area contributed by atoms with Crippen LogP contribution in [0.2, 0.25) is 5.15 Å². The molecule has 0 radical (unpaired) electrons. The van der Waals surface area contributed by atoms with E-state index in [1.165, 1.54) is 11.1 Å². The summed E-state index contributed by atoms with van der Waals surface area (Å²) in [6.07, 6.45) is 2.57. The number of nitrogens with two attached hydrogens (primary N) is 1. The average molecular weight is 304 g/mol. The summed E-state index contributed by atoms with van der Waals surface area (Å²) < 4.78 is 0. The van der Waals surface area contributed by atoms with E-state index < -0.39 is 0 Å². The van der Waals surface area contributed by atoms with Gasteiger partial charge in [-0.05, 0) is 34.6 Å². The first kappa shape index (κ1) is 16.0. The number of hydrogen-bond donors (Lipinski definition) is 2. The normalized spacial score (nSPS) is 13.2. The molecule has 4 heteroatoms. The van der Waals surface area contributed by atoms with E-state index >= 15 is 0 Å². The highest BCUT2D eigenvalue weighted by Gasteiger charge is 2.14. The monoisotopic (exact) mass is 303 g/mol. The Morgan fingerprint density at radius 3 is 2.29 bits per heavy atom. The van der Waals surface area contributed by atoms with Gasteiger partial charge in [-0.15, -0.1) is 0 Å². The number of nitrogens with one attached hydrogen (secondary N) is 1. The van der Waals surface area contributed by atoms with E-state index in [0.717, 1.165) is 12.0 Å². The SMILES string of the molecule is CC(C)(C)c1ccc(CC(NN)c2ccc(Cl)nc2)cc1. The van der Waals surface area contributed by atoms with Gasteiger partial charge >= 0.3 is 0 Å². The Bertz CT molecular complexity index is 570. The lowest BCUT2D eigenvalue weighted by Crippen LogP contribution is -2.29. The molecule has 1 atom stereocenters. The number of hydrazine groups is 1. The topological polar surface area (TPSA) is 50.9 Å². The largest absolute Gasteiger partial charge is 0.271 e. The molecular weight excluding hydrogens is 282 g/mol. The van der Waals surface area contributed by atoms with Crippen LogP contribution in [-0.4, -0.2) is 4.98 Å². The van der Waals surface area contributed by atoms with Crippen LogP contribution in [0, 0.1) is 0 Å². The third-order valence-corrected chi connectivity index (χ3v) is 3.84. The molecule has 112 valence electrons. The number of hydrogen-bond acceptors (Lipinski definition) is 3. The van der Waals surface area contributed by atoms with Gasteiger partial charge in [-0.25, -0.2) is 4.98 Å². The molecule has 1 heterocycles. The van der Waals surface area contributed by atoms with Crippen molar-refractivity contribution in [2.24, 2.45) is 5.84 Å². The molecule has 0 saturated heterocycles. The number of benzene rings is 1. The van der Waals surface area contributed by atoms with E-state index in [1.807, 2.05) is 6.07 Å². The zero-order valence-electron chi connectivity index (χ0n) is 12.7. The van der Waals surface area contributed by atoms with Crippen LogP contribution in [0.1, 0.15) is 43.5 Å². The third kappa shape index (κ3) is 4.27. The van der Waals surface area contributed by atoms with Gasteiger partial charge in [-0.3, -0.25) is 11.3 Å². The summed E-state index contributed by atoms with van der Waals surface area (Å²) in [6, 6.07) is 12.4. The molecule has 0 amide bonds. The van der Waals surface area contributed by atoms with E-state index in [0.29, 0.717) is 5.15 Å². The van der Waals surface area contributed by atoms with Crippen LogP contribution in [0.5, 0.6) is 0 Å². The lowest BCUT2D eigenvalue weighted by atomic mass is 9.86. The quantitative estimate of drug-likeness (QED) is 0.513. The summed E-state index contributed by atoms with van der Waals surface area (Å²) in [4.78, 5) is 4.11. The van der Waals surface area contributed by atoms with Crippen LogP contribution in [0.25, 0.3) is 0 Å². The smallest absolute Gasteiger partial charge is 0.129 e. The number of halogens is 1. The molecule has 0 saturated carbocycles. The van der Waals surface area contributed by atoms with Crippen molar-refractivity contribution in [2.45, 2.75) is 38.6 Å². The van der Waals surface area contributed by atoms with Crippen molar-refractivity contribution in [1.29, 1.82) is 0 Å². The first-order chi connectivity index (χ1) is 9.90. The summed E-state index contributed by atoms with van der Waals surface area (Å²) in [7, 11) is 0. The van der Waals surface area contributed by atoms with E-state index in [1.54, 1.807) is 12.3 Å². The standard InChI is InChI=1S/C17H22ClN3/c1-17(2,3)14-7-4-12(5-8-14)10-15(21-19)13-6-9-16(18)20-11-13/h4-9,11,15,21H,10,19H2,1-3H3. The van der Waals surface area contributed by atoms with Crippen molar-refractivity contribution in [3.8, 4) is 0 Å². The minimum atomic E-state index is 0.0234. The Kier molecular flexibility index (Phi) is 4.99. The minimum absolute atomic E-state index is 0.0234. The number of nitrogens with zero attached hydrogens (tertiary/aromatic N) is 1. The summed E-state index contributed by atoms with van der Waals surface area (Å²) in [5.41, 5.74) is 6.62. The van der Waals surface area contributed by atoms with Gasteiger partial charge in [0, 0.05) is 6.20 Å². The van der Waals surface area contributed by atoms with Crippen molar-refractivity contribution in [3.63, 3.8) is 0 Å². The Hall–Kier alpha value is -1.42. The van der Waals surface area contributed by atoms with Gasteiger partial charge in [-0.1, -0.05) is 62.7 Å². The molecular formula is C17H22ClN3. The molecule has 2 aromatic rings. The molecule has 0 aliphatic carbocycles.